The fourth-order valence-electron chi connectivity index (χ4n) is 10.4. The first-order valence-corrected chi connectivity index (χ1v) is 25.0. The van der Waals surface area contributed by atoms with Gasteiger partial charge < -0.3 is 9.80 Å². The predicted octanol–water partition coefficient (Wildman–Crippen LogP) is 20.0. The van der Waals surface area contributed by atoms with E-state index in [1.54, 1.807) is 0 Å². The van der Waals surface area contributed by atoms with Crippen molar-refractivity contribution in [2.24, 2.45) is 0 Å². The van der Waals surface area contributed by atoms with E-state index < -0.39 is 0 Å². The number of rotatable bonds is 10. The normalized spacial score (nSPS) is 11.4. The molecule has 0 bridgehead atoms. The van der Waals surface area contributed by atoms with E-state index in [4.69, 9.17) is 0 Å². The third kappa shape index (κ3) is 7.89. The predicted molar refractivity (Wildman–Crippen MR) is 305 cm³/mol. The number of nitrogens with zero attached hydrogens (tertiary/aromatic N) is 2. The van der Waals surface area contributed by atoms with Gasteiger partial charge in [-0.1, -0.05) is 206 Å². The fourth-order valence-corrected chi connectivity index (χ4v) is 11.6. The van der Waals surface area contributed by atoms with Crippen LogP contribution >= 0.6 is 11.3 Å². The van der Waals surface area contributed by atoms with Crippen LogP contribution in [0.4, 0.5) is 34.1 Å². The van der Waals surface area contributed by atoms with Crippen LogP contribution < -0.4 is 9.80 Å². The monoisotopic (exact) mass is 922 g/mol. The van der Waals surface area contributed by atoms with Crippen LogP contribution in [-0.4, -0.2) is 0 Å². The average molecular weight is 923 g/mol. The standard InChI is InChI=1S/C68H46N2S/c1-3-16-47(17-4-1)49-32-37-55(38-33-49)69(57-25-13-23-53(44-57)61-30-15-22-51-20-7-9-27-60(51)61)58-26-14-24-54(45-58)62-28-11-12-31-65(62)70(56-39-34-50(35-40-56)48-18-5-2-6-19-48)59-41-42-64-67(46-59)71-66-43-36-52-21-8-10-29-63(52)68(64)66/h1-46H. The highest BCUT2D eigenvalue weighted by Crippen LogP contribution is 2.47. The Morgan fingerprint density at radius 3 is 1.38 bits per heavy atom. The summed E-state index contributed by atoms with van der Waals surface area (Å²) in [7, 11) is 0. The van der Waals surface area contributed by atoms with E-state index in [2.05, 4.69) is 289 Å². The second-order valence-corrected chi connectivity index (χ2v) is 19.2. The summed E-state index contributed by atoms with van der Waals surface area (Å²) in [5, 5.41) is 7.64. The van der Waals surface area contributed by atoms with E-state index >= 15 is 0 Å². The quantitative estimate of drug-likeness (QED) is 0.135. The van der Waals surface area contributed by atoms with Crippen molar-refractivity contribution in [2.45, 2.75) is 0 Å². The van der Waals surface area contributed by atoms with Crippen molar-refractivity contribution in [3.8, 4) is 44.5 Å². The maximum Gasteiger partial charge on any atom is 0.0540 e. The molecule has 0 fully saturated rings. The van der Waals surface area contributed by atoms with E-state index in [1.165, 1.54) is 75.1 Å². The molecule has 1 aromatic heterocycles. The summed E-state index contributed by atoms with van der Waals surface area (Å²) in [5.41, 5.74) is 15.9. The molecule has 0 aliphatic rings. The number of hydrogen-bond acceptors (Lipinski definition) is 3. The Hall–Kier alpha value is -9.02. The molecule has 0 saturated heterocycles. The molecule has 0 spiro atoms. The number of para-hydroxylation sites is 1. The molecule has 13 rings (SSSR count). The number of hydrogen-bond donors (Lipinski definition) is 0. The molecular weight excluding hydrogens is 877 g/mol. The van der Waals surface area contributed by atoms with E-state index in [9.17, 15) is 0 Å². The second kappa shape index (κ2) is 18.1. The summed E-state index contributed by atoms with van der Waals surface area (Å²) in [6, 6.07) is 102. The van der Waals surface area contributed by atoms with Crippen molar-refractivity contribution in [3.63, 3.8) is 0 Å². The van der Waals surface area contributed by atoms with Crippen molar-refractivity contribution >= 4 is 87.2 Å². The summed E-state index contributed by atoms with van der Waals surface area (Å²) in [6.07, 6.45) is 0. The molecule has 0 N–H and O–H groups in total. The van der Waals surface area contributed by atoms with Gasteiger partial charge in [0.15, 0.2) is 0 Å². The Labute approximate surface area is 418 Å². The molecule has 0 amide bonds. The number of benzene rings is 12. The number of anilines is 6. The Morgan fingerprint density at radius 2 is 0.704 bits per heavy atom. The molecule has 0 unspecified atom stereocenters. The van der Waals surface area contributed by atoms with Crippen LogP contribution in [0.15, 0.2) is 279 Å². The van der Waals surface area contributed by atoms with Gasteiger partial charge in [0.25, 0.3) is 0 Å². The largest absolute Gasteiger partial charge is 0.310 e. The van der Waals surface area contributed by atoms with E-state index in [-0.39, 0.29) is 0 Å². The van der Waals surface area contributed by atoms with Crippen molar-refractivity contribution < 1.29 is 0 Å². The van der Waals surface area contributed by atoms with Crippen LogP contribution in [0.1, 0.15) is 0 Å². The maximum absolute atomic E-state index is 2.44. The van der Waals surface area contributed by atoms with Gasteiger partial charge in [-0.25, -0.2) is 0 Å². The lowest BCUT2D eigenvalue weighted by molar-refractivity contribution is 1.28. The smallest absolute Gasteiger partial charge is 0.0540 e. The highest BCUT2D eigenvalue weighted by atomic mass is 32.1. The van der Waals surface area contributed by atoms with Crippen LogP contribution in [0.2, 0.25) is 0 Å². The average Bonchev–Trinajstić information content (AvgIpc) is 3.83. The minimum atomic E-state index is 1.07. The molecule has 1 heterocycles. The van der Waals surface area contributed by atoms with Gasteiger partial charge in [0.2, 0.25) is 0 Å². The van der Waals surface area contributed by atoms with Gasteiger partial charge >= 0.3 is 0 Å². The molecular formula is C68H46N2S. The third-order valence-corrected chi connectivity index (χ3v) is 15.0. The zero-order chi connectivity index (χ0) is 47.1. The van der Waals surface area contributed by atoms with Gasteiger partial charge in [0.1, 0.15) is 0 Å². The second-order valence-electron chi connectivity index (χ2n) is 18.1. The highest BCUT2D eigenvalue weighted by Gasteiger charge is 2.21. The number of thiophene rings is 1. The molecule has 13 aromatic rings. The summed E-state index contributed by atoms with van der Waals surface area (Å²) in [5.74, 6) is 0. The molecule has 0 saturated carbocycles. The topological polar surface area (TPSA) is 6.48 Å². The van der Waals surface area contributed by atoms with E-state index in [0.717, 1.165) is 45.3 Å². The van der Waals surface area contributed by atoms with Gasteiger partial charge in [-0.05, 0) is 133 Å². The third-order valence-electron chi connectivity index (χ3n) is 13.8. The lowest BCUT2D eigenvalue weighted by atomic mass is 9.97. The van der Waals surface area contributed by atoms with E-state index in [0.29, 0.717) is 0 Å². The first-order valence-electron chi connectivity index (χ1n) is 24.2. The highest BCUT2D eigenvalue weighted by molar-refractivity contribution is 7.26. The van der Waals surface area contributed by atoms with Gasteiger partial charge in [-0.3, -0.25) is 0 Å². The Kier molecular flexibility index (Phi) is 10.8. The molecule has 12 aromatic carbocycles. The van der Waals surface area contributed by atoms with Crippen LogP contribution in [0.5, 0.6) is 0 Å². The zero-order valence-electron chi connectivity index (χ0n) is 38.9. The fraction of sp³-hybridized carbons (Fsp3) is 0. The lowest BCUT2D eigenvalue weighted by Crippen LogP contribution is -2.12. The van der Waals surface area contributed by atoms with Crippen molar-refractivity contribution in [1.82, 2.24) is 0 Å². The molecule has 0 aliphatic carbocycles. The molecule has 71 heavy (non-hydrogen) atoms. The maximum atomic E-state index is 2.44. The minimum Gasteiger partial charge on any atom is -0.310 e. The molecule has 3 heteroatoms. The van der Waals surface area contributed by atoms with Crippen LogP contribution in [0, 0.1) is 0 Å². The summed E-state index contributed by atoms with van der Waals surface area (Å²) >= 11 is 1.87. The minimum absolute atomic E-state index is 1.07. The first-order chi connectivity index (χ1) is 35.2. The summed E-state index contributed by atoms with van der Waals surface area (Å²) in [4.78, 5) is 4.83. The summed E-state index contributed by atoms with van der Waals surface area (Å²) < 4.78 is 2.56. The Bertz CT molecular complexity index is 4040. The first kappa shape index (κ1) is 42.1. The van der Waals surface area contributed by atoms with Gasteiger partial charge in [0, 0.05) is 54.2 Å². The Balaban J connectivity index is 0.959. The molecule has 0 radical (unpaired) electrons. The SMILES string of the molecule is c1ccc(-c2ccc(N(c3cccc(-c4ccccc4N(c4ccc(-c5ccccc5)cc4)c4ccc5c(c4)sc4ccc6ccccc6c45)c3)c3cccc(-c4cccc5ccccc45)c3)cc2)cc1. The van der Waals surface area contributed by atoms with Crippen molar-refractivity contribution in [1.29, 1.82) is 0 Å². The molecule has 334 valence electrons. The number of fused-ring (bicyclic) bond motifs is 6. The zero-order valence-corrected chi connectivity index (χ0v) is 39.7. The van der Waals surface area contributed by atoms with Crippen molar-refractivity contribution in [2.75, 3.05) is 9.80 Å². The van der Waals surface area contributed by atoms with E-state index in [1.807, 2.05) is 11.3 Å². The molecule has 0 atom stereocenters. The lowest BCUT2D eigenvalue weighted by Gasteiger charge is -2.29. The van der Waals surface area contributed by atoms with Gasteiger partial charge in [-0.2, -0.15) is 0 Å². The molecule has 0 aliphatic heterocycles. The Morgan fingerprint density at radius 1 is 0.239 bits per heavy atom. The van der Waals surface area contributed by atoms with Crippen molar-refractivity contribution in [3.05, 3.63) is 279 Å². The summed E-state index contributed by atoms with van der Waals surface area (Å²) in [6.45, 7) is 0. The van der Waals surface area contributed by atoms with Gasteiger partial charge in [-0.15, -0.1) is 11.3 Å². The van der Waals surface area contributed by atoms with Crippen LogP contribution in [0.25, 0.3) is 86.2 Å². The van der Waals surface area contributed by atoms with Crippen LogP contribution in [0.3, 0.4) is 0 Å². The van der Waals surface area contributed by atoms with Gasteiger partial charge in [0.05, 0.1) is 5.69 Å². The molecule has 2 nitrogen and oxygen atoms in total. The van der Waals surface area contributed by atoms with Crippen LogP contribution in [-0.2, 0) is 0 Å².